The number of aromatic nitrogens is 5. The minimum absolute atomic E-state index is 0.180. The molecule has 4 heterocycles. The Kier molecular flexibility index (Phi) is 5.87. The van der Waals surface area contributed by atoms with Gasteiger partial charge in [0, 0.05) is 74.9 Å². The number of rotatable bonds is 5. The molecule has 0 spiro atoms. The fourth-order valence-corrected chi connectivity index (χ4v) is 4.80. The van der Waals surface area contributed by atoms with Gasteiger partial charge in [-0.25, -0.2) is 19.3 Å². The molecule has 0 atom stereocenters. The largest absolute Gasteiger partial charge is 0.354 e. The van der Waals surface area contributed by atoms with Crippen LogP contribution in [0.3, 0.4) is 0 Å². The lowest BCUT2D eigenvalue weighted by Gasteiger charge is -2.35. The maximum absolute atomic E-state index is 13.5. The first-order valence-electron chi connectivity index (χ1n) is 12.0. The van der Waals surface area contributed by atoms with Gasteiger partial charge in [0.2, 0.25) is 0 Å². The Balaban J connectivity index is 1.21. The van der Waals surface area contributed by atoms with Gasteiger partial charge in [0.15, 0.2) is 0 Å². The Hall–Kier alpha value is -4.17. The first-order chi connectivity index (χ1) is 17.6. The molecule has 8 heteroatoms. The van der Waals surface area contributed by atoms with E-state index in [0.29, 0.717) is 0 Å². The Morgan fingerprint density at radius 3 is 2.53 bits per heavy atom. The average Bonchev–Trinajstić information content (AvgIpc) is 3.35. The SMILES string of the molecule is Cn1ccc(-c2cc(-c3ccc(N4CCN(Cc5cccc(F)c5)CC4)nc3)c3cncnc3c2)n1. The molecule has 0 N–H and O–H groups in total. The zero-order valence-electron chi connectivity index (χ0n) is 20.0. The molecule has 1 saturated heterocycles. The summed E-state index contributed by atoms with van der Waals surface area (Å²) in [6.07, 6.45) is 7.29. The summed E-state index contributed by atoms with van der Waals surface area (Å²) in [5.41, 5.74) is 5.85. The standard InChI is InChI=1S/C28H26FN7/c1-34-8-7-26(33-34)22-14-24(25-17-30-19-32-27(25)15-22)21-5-6-28(31-16-21)36-11-9-35(10-12-36)18-20-3-2-4-23(29)13-20/h2-8,13-17,19H,9-12,18H2,1H3. The van der Waals surface area contributed by atoms with Gasteiger partial charge in [-0.3, -0.25) is 9.58 Å². The fourth-order valence-electron chi connectivity index (χ4n) is 4.80. The topological polar surface area (TPSA) is 63.0 Å². The number of fused-ring (bicyclic) bond motifs is 1. The van der Waals surface area contributed by atoms with Crippen molar-refractivity contribution in [2.75, 3.05) is 31.1 Å². The predicted octanol–water partition coefficient (Wildman–Crippen LogP) is 4.55. The van der Waals surface area contributed by atoms with Crippen molar-refractivity contribution in [2.24, 2.45) is 7.05 Å². The van der Waals surface area contributed by atoms with Gasteiger partial charge in [-0.15, -0.1) is 0 Å². The average molecular weight is 480 g/mol. The monoisotopic (exact) mass is 479 g/mol. The third-order valence-corrected chi connectivity index (χ3v) is 6.69. The summed E-state index contributed by atoms with van der Waals surface area (Å²) < 4.78 is 15.3. The quantitative estimate of drug-likeness (QED) is 0.369. The van der Waals surface area contributed by atoms with Crippen LogP contribution in [0, 0.1) is 5.82 Å². The molecular formula is C28H26FN7. The highest BCUT2D eigenvalue weighted by Crippen LogP contribution is 2.33. The highest BCUT2D eigenvalue weighted by atomic mass is 19.1. The maximum atomic E-state index is 13.5. The van der Waals surface area contributed by atoms with Gasteiger partial charge >= 0.3 is 0 Å². The molecule has 3 aromatic heterocycles. The van der Waals surface area contributed by atoms with Crippen LogP contribution < -0.4 is 4.90 Å². The Morgan fingerprint density at radius 1 is 0.889 bits per heavy atom. The molecule has 0 aliphatic carbocycles. The van der Waals surface area contributed by atoms with Crippen LogP contribution in [0.25, 0.3) is 33.3 Å². The number of piperazine rings is 1. The van der Waals surface area contributed by atoms with Gasteiger partial charge in [0.25, 0.3) is 0 Å². The number of benzene rings is 2. The Morgan fingerprint density at radius 2 is 1.78 bits per heavy atom. The summed E-state index contributed by atoms with van der Waals surface area (Å²) in [6.45, 7) is 4.35. The number of anilines is 1. The summed E-state index contributed by atoms with van der Waals surface area (Å²) in [6, 6.07) is 17.2. The van der Waals surface area contributed by atoms with Crippen LogP contribution in [-0.2, 0) is 13.6 Å². The van der Waals surface area contributed by atoms with Gasteiger partial charge in [-0.05, 0) is 53.6 Å². The molecule has 6 rings (SSSR count). The van der Waals surface area contributed by atoms with Gasteiger partial charge in [-0.1, -0.05) is 12.1 Å². The van der Waals surface area contributed by atoms with Crippen LogP contribution in [0.15, 0.2) is 79.5 Å². The second kappa shape index (κ2) is 9.47. The normalized spacial score (nSPS) is 14.4. The third kappa shape index (κ3) is 4.55. The number of hydrogen-bond donors (Lipinski definition) is 0. The molecule has 1 aliphatic rings. The van der Waals surface area contributed by atoms with Crippen molar-refractivity contribution < 1.29 is 4.39 Å². The smallest absolute Gasteiger partial charge is 0.128 e. The van der Waals surface area contributed by atoms with Crippen LogP contribution in [0.5, 0.6) is 0 Å². The van der Waals surface area contributed by atoms with Gasteiger partial charge in [-0.2, -0.15) is 5.10 Å². The lowest BCUT2D eigenvalue weighted by molar-refractivity contribution is 0.249. The van der Waals surface area contributed by atoms with Crippen molar-refractivity contribution in [1.29, 1.82) is 0 Å². The van der Waals surface area contributed by atoms with E-state index in [0.717, 1.165) is 77.4 Å². The van der Waals surface area contributed by atoms with E-state index >= 15 is 0 Å². The van der Waals surface area contributed by atoms with E-state index in [1.165, 1.54) is 6.07 Å². The van der Waals surface area contributed by atoms with Crippen molar-refractivity contribution in [3.05, 3.63) is 90.9 Å². The summed E-state index contributed by atoms with van der Waals surface area (Å²) in [7, 11) is 1.91. The van der Waals surface area contributed by atoms with E-state index < -0.39 is 0 Å². The predicted molar refractivity (Wildman–Crippen MR) is 139 cm³/mol. The minimum atomic E-state index is -0.180. The van der Waals surface area contributed by atoms with Crippen LogP contribution in [0.4, 0.5) is 10.2 Å². The number of aryl methyl sites for hydroxylation is 1. The molecule has 1 fully saturated rings. The molecule has 5 aromatic rings. The van der Waals surface area contributed by atoms with E-state index in [-0.39, 0.29) is 5.82 Å². The Bertz CT molecular complexity index is 1500. The number of pyridine rings is 1. The summed E-state index contributed by atoms with van der Waals surface area (Å²) in [5.74, 6) is 0.783. The van der Waals surface area contributed by atoms with E-state index in [4.69, 9.17) is 4.98 Å². The van der Waals surface area contributed by atoms with Crippen molar-refractivity contribution in [1.82, 2.24) is 29.6 Å². The van der Waals surface area contributed by atoms with Crippen LogP contribution >= 0.6 is 0 Å². The molecule has 180 valence electrons. The molecule has 7 nitrogen and oxygen atoms in total. The van der Waals surface area contributed by atoms with E-state index in [9.17, 15) is 4.39 Å². The van der Waals surface area contributed by atoms with Crippen LogP contribution in [-0.4, -0.2) is 55.8 Å². The molecule has 1 aliphatic heterocycles. The van der Waals surface area contributed by atoms with Crippen molar-refractivity contribution in [3.8, 4) is 22.4 Å². The number of hydrogen-bond acceptors (Lipinski definition) is 6. The van der Waals surface area contributed by atoms with Crippen LogP contribution in [0.1, 0.15) is 5.56 Å². The van der Waals surface area contributed by atoms with Crippen molar-refractivity contribution in [3.63, 3.8) is 0 Å². The molecule has 0 unspecified atom stereocenters. The second-order valence-electron chi connectivity index (χ2n) is 9.15. The molecule has 2 aromatic carbocycles. The highest BCUT2D eigenvalue weighted by molar-refractivity contribution is 5.97. The summed E-state index contributed by atoms with van der Waals surface area (Å²) in [4.78, 5) is 18.2. The van der Waals surface area contributed by atoms with E-state index in [1.807, 2.05) is 43.8 Å². The minimum Gasteiger partial charge on any atom is -0.354 e. The van der Waals surface area contributed by atoms with Crippen molar-refractivity contribution in [2.45, 2.75) is 6.54 Å². The highest BCUT2D eigenvalue weighted by Gasteiger charge is 2.19. The van der Waals surface area contributed by atoms with E-state index in [1.54, 1.807) is 23.1 Å². The van der Waals surface area contributed by atoms with Gasteiger partial charge in [0.1, 0.15) is 18.0 Å². The number of nitrogens with zero attached hydrogens (tertiary/aromatic N) is 7. The first-order valence-corrected chi connectivity index (χ1v) is 12.0. The molecular weight excluding hydrogens is 453 g/mol. The zero-order chi connectivity index (χ0) is 24.5. The first kappa shape index (κ1) is 22.3. The summed E-state index contributed by atoms with van der Waals surface area (Å²) in [5, 5.41) is 5.55. The molecule has 0 radical (unpaired) electrons. The molecule has 0 bridgehead atoms. The molecule has 36 heavy (non-hydrogen) atoms. The Labute approximate surface area is 208 Å². The van der Waals surface area contributed by atoms with Crippen LogP contribution in [0.2, 0.25) is 0 Å². The lowest BCUT2D eigenvalue weighted by atomic mass is 9.98. The molecule has 0 saturated carbocycles. The van der Waals surface area contributed by atoms with Gasteiger partial charge < -0.3 is 4.90 Å². The summed E-state index contributed by atoms with van der Waals surface area (Å²) >= 11 is 0. The lowest BCUT2D eigenvalue weighted by Crippen LogP contribution is -2.46. The molecule has 0 amide bonds. The maximum Gasteiger partial charge on any atom is 0.128 e. The number of halogens is 1. The fraction of sp³-hybridized carbons (Fsp3) is 0.214. The second-order valence-corrected chi connectivity index (χ2v) is 9.15. The van der Waals surface area contributed by atoms with Crippen molar-refractivity contribution >= 4 is 16.7 Å². The third-order valence-electron chi connectivity index (χ3n) is 6.69. The van der Waals surface area contributed by atoms with Gasteiger partial charge in [0.05, 0.1) is 11.2 Å². The van der Waals surface area contributed by atoms with E-state index in [2.05, 4.69) is 43.1 Å². The zero-order valence-corrected chi connectivity index (χ0v) is 20.0.